The van der Waals surface area contributed by atoms with Crippen molar-refractivity contribution in [3.63, 3.8) is 0 Å². The Morgan fingerprint density at radius 3 is 0.738 bits per heavy atom. The third-order valence-corrected chi connectivity index (χ3v) is 10.8. The molecule has 297 valence electrons. The third kappa shape index (κ3) is 7.65. The number of hydrogen-bond acceptors (Lipinski definition) is 10. The SMILES string of the molecule is OB(O)c1ccccc1-c1c2nc(c(-c3ccccc3B(O)O)c3ccc([nH]3)c(-c3ccccc3B(O)O)c3nc(c(-c4ccccc4B(O)O)c4ccc1[nH]4)C=C3)C=C2.[Mn]. The van der Waals surface area contributed by atoms with Crippen molar-refractivity contribution in [3.8, 4) is 44.5 Å². The summed E-state index contributed by atoms with van der Waals surface area (Å²) in [4.78, 5) is 17.4. The molecular formula is C44H34B4MnN4O8. The topological polar surface area (TPSA) is 219 Å². The fourth-order valence-electron chi connectivity index (χ4n) is 8.14. The number of hydrogen-bond donors (Lipinski definition) is 10. The molecule has 17 heteroatoms. The fraction of sp³-hybridized carbons (Fsp3) is 0. The van der Waals surface area contributed by atoms with Crippen LogP contribution in [0.4, 0.5) is 0 Å². The molecule has 2 aliphatic rings. The zero-order valence-electron chi connectivity index (χ0n) is 32.0. The average molecular weight is 845 g/mol. The van der Waals surface area contributed by atoms with Gasteiger partial charge in [-0.3, -0.25) is 0 Å². The van der Waals surface area contributed by atoms with E-state index < -0.39 is 28.5 Å². The van der Waals surface area contributed by atoms with Gasteiger partial charge in [-0.2, -0.15) is 0 Å². The molecule has 1 radical (unpaired) electrons. The Bertz CT molecular complexity index is 2660. The zero-order chi connectivity index (χ0) is 41.7. The number of H-pyrrole nitrogens is 2. The minimum Gasteiger partial charge on any atom is -0.423 e. The van der Waals surface area contributed by atoms with Crippen molar-refractivity contribution in [1.29, 1.82) is 0 Å². The summed E-state index contributed by atoms with van der Waals surface area (Å²) in [6.45, 7) is 0. The van der Waals surface area contributed by atoms with E-state index in [-0.39, 0.29) is 38.9 Å². The summed E-state index contributed by atoms with van der Waals surface area (Å²) >= 11 is 0. The molecule has 0 saturated carbocycles. The maximum atomic E-state index is 10.6. The van der Waals surface area contributed by atoms with E-state index in [0.29, 0.717) is 89.4 Å². The minimum absolute atomic E-state index is 0. The van der Waals surface area contributed by atoms with Gasteiger partial charge >= 0.3 is 28.5 Å². The number of aromatic amines is 2. The predicted molar refractivity (Wildman–Crippen MR) is 240 cm³/mol. The summed E-state index contributed by atoms with van der Waals surface area (Å²) in [5.74, 6) is 0. The van der Waals surface area contributed by atoms with Crippen LogP contribution < -0.4 is 21.9 Å². The van der Waals surface area contributed by atoms with Crippen LogP contribution in [0.3, 0.4) is 0 Å². The molecular weight excluding hydrogens is 811 g/mol. The quantitative estimate of drug-likeness (QED) is 0.100. The summed E-state index contributed by atoms with van der Waals surface area (Å²) in [5, 5.41) is 84.8. The summed E-state index contributed by atoms with van der Waals surface area (Å²) in [6, 6.07) is 34.8. The maximum absolute atomic E-state index is 10.6. The largest absolute Gasteiger partial charge is 0.489 e. The molecule has 4 aromatic carbocycles. The normalized spacial score (nSPS) is 11.7. The van der Waals surface area contributed by atoms with Crippen molar-refractivity contribution in [2.45, 2.75) is 0 Å². The Hall–Kier alpha value is -6.06. The van der Waals surface area contributed by atoms with E-state index in [1.165, 1.54) is 0 Å². The molecule has 0 atom stereocenters. The van der Waals surface area contributed by atoms with Crippen molar-refractivity contribution in [2.75, 3.05) is 0 Å². The van der Waals surface area contributed by atoms with Crippen molar-refractivity contribution in [3.05, 3.63) is 144 Å². The molecule has 5 heterocycles. The van der Waals surface area contributed by atoms with Crippen LogP contribution in [0.15, 0.2) is 121 Å². The Morgan fingerprint density at radius 1 is 0.311 bits per heavy atom. The van der Waals surface area contributed by atoms with E-state index in [2.05, 4.69) is 9.97 Å². The second-order valence-corrected chi connectivity index (χ2v) is 14.3. The van der Waals surface area contributed by atoms with Gasteiger partial charge in [0.25, 0.3) is 0 Å². The Morgan fingerprint density at radius 2 is 0.525 bits per heavy atom. The van der Waals surface area contributed by atoms with Crippen molar-refractivity contribution >= 4 is 96.7 Å². The molecule has 61 heavy (non-hydrogen) atoms. The number of fused-ring (bicyclic) bond motifs is 8. The van der Waals surface area contributed by atoms with Gasteiger partial charge in [0.15, 0.2) is 0 Å². The second-order valence-electron chi connectivity index (χ2n) is 14.3. The zero-order valence-corrected chi connectivity index (χ0v) is 33.2. The van der Waals surface area contributed by atoms with Crippen molar-refractivity contribution in [1.82, 2.24) is 19.9 Å². The molecule has 0 spiro atoms. The number of nitrogens with one attached hydrogen (secondary N) is 2. The summed E-state index contributed by atoms with van der Waals surface area (Å²) in [6.07, 6.45) is 7.20. The molecule has 0 saturated heterocycles. The monoisotopic (exact) mass is 845 g/mol. The van der Waals surface area contributed by atoms with Gasteiger partial charge in [-0.25, -0.2) is 9.97 Å². The standard InChI is InChI=1S/C44H34B4N4O8.Mn/c53-45(54)29-13-5-1-9-25(29)41-33-17-19-35(49-33)42(26-10-2-6-14-30(26)46(55)56)37-21-23-39(51-37)44(28-12-4-8-16-32(28)48(59)60)40-24-22-38(52-40)43(36-20-18-34(41)50-36)27-11-3-7-15-31(27)47(57)58;/h1-24,49,52-60H;. The van der Waals surface area contributed by atoms with E-state index in [1.807, 2.05) is 24.3 Å². The van der Waals surface area contributed by atoms with Gasteiger partial charge in [0.1, 0.15) is 0 Å². The van der Waals surface area contributed by atoms with Gasteiger partial charge in [-0.15, -0.1) is 0 Å². The van der Waals surface area contributed by atoms with Gasteiger partial charge in [0, 0.05) is 61.4 Å². The van der Waals surface area contributed by atoms with E-state index in [1.54, 1.807) is 121 Å². The molecule has 9 rings (SSSR count). The molecule has 3 aromatic heterocycles. The van der Waals surface area contributed by atoms with Crippen molar-refractivity contribution < 1.29 is 57.3 Å². The molecule has 0 amide bonds. The smallest absolute Gasteiger partial charge is 0.423 e. The van der Waals surface area contributed by atoms with E-state index >= 15 is 0 Å². The van der Waals surface area contributed by atoms with Crippen LogP contribution in [0, 0.1) is 0 Å². The summed E-state index contributed by atoms with van der Waals surface area (Å²) in [5.41, 5.74) is 8.84. The van der Waals surface area contributed by atoms with Crippen LogP contribution in [0.1, 0.15) is 22.8 Å². The molecule has 10 N–H and O–H groups in total. The van der Waals surface area contributed by atoms with E-state index in [0.717, 1.165) is 0 Å². The molecule has 7 aromatic rings. The van der Waals surface area contributed by atoms with Crippen LogP contribution in [0.5, 0.6) is 0 Å². The van der Waals surface area contributed by atoms with Gasteiger partial charge < -0.3 is 50.2 Å². The van der Waals surface area contributed by atoms with Gasteiger partial charge in [0.2, 0.25) is 0 Å². The third-order valence-electron chi connectivity index (χ3n) is 10.8. The molecule has 0 unspecified atom stereocenters. The minimum atomic E-state index is -1.83. The van der Waals surface area contributed by atoms with Crippen LogP contribution in [0.25, 0.3) is 90.9 Å². The first-order valence-corrected chi connectivity index (χ1v) is 19.1. The fourth-order valence-corrected chi connectivity index (χ4v) is 8.14. The van der Waals surface area contributed by atoms with Crippen LogP contribution in [0.2, 0.25) is 0 Å². The van der Waals surface area contributed by atoms with Gasteiger partial charge in [0.05, 0.1) is 22.8 Å². The van der Waals surface area contributed by atoms with Crippen LogP contribution >= 0.6 is 0 Å². The van der Waals surface area contributed by atoms with E-state index in [9.17, 15) is 40.2 Å². The number of benzene rings is 4. The van der Waals surface area contributed by atoms with Crippen molar-refractivity contribution in [2.24, 2.45) is 0 Å². The predicted octanol–water partition coefficient (Wildman–Crippen LogP) is 2.04. The molecule has 8 bridgehead atoms. The molecule has 0 fully saturated rings. The Labute approximate surface area is 361 Å². The Balaban J connectivity index is 0.00000514. The first-order valence-electron chi connectivity index (χ1n) is 19.1. The number of aromatic nitrogens is 4. The first-order chi connectivity index (χ1) is 29.1. The molecule has 12 nitrogen and oxygen atoms in total. The average Bonchev–Trinajstić information content (AvgIpc) is 4.09. The summed E-state index contributed by atoms with van der Waals surface area (Å²) < 4.78 is 0. The van der Waals surface area contributed by atoms with Gasteiger partial charge in [-0.1, -0.05) is 97.1 Å². The molecule has 2 aliphatic heterocycles. The number of rotatable bonds is 8. The maximum Gasteiger partial charge on any atom is 0.489 e. The van der Waals surface area contributed by atoms with E-state index in [4.69, 9.17) is 9.97 Å². The first kappa shape index (κ1) is 41.7. The second kappa shape index (κ2) is 17.1. The Kier molecular flexibility index (Phi) is 11.7. The molecule has 0 aliphatic carbocycles. The van der Waals surface area contributed by atoms with Crippen LogP contribution in [-0.4, -0.2) is 88.6 Å². The van der Waals surface area contributed by atoms with Gasteiger partial charge in [-0.05, 0) is 92.7 Å². The number of nitrogens with zero attached hydrogens (tertiary/aromatic N) is 2. The van der Waals surface area contributed by atoms with Crippen LogP contribution in [-0.2, 0) is 17.1 Å². The summed E-state index contributed by atoms with van der Waals surface area (Å²) in [7, 11) is -7.32.